The Kier molecular flexibility index (Phi) is 3.47. The quantitative estimate of drug-likeness (QED) is 0.789. The molecule has 116 valence electrons. The fourth-order valence-corrected chi connectivity index (χ4v) is 2.77. The molecule has 1 unspecified atom stereocenters. The van der Waals surface area contributed by atoms with Crippen molar-refractivity contribution in [3.05, 3.63) is 54.2 Å². The number of carbonyl (C=O) groups is 1. The minimum Gasteiger partial charge on any atom is -0.371 e. The number of hydrogen-bond donors (Lipinski definition) is 1. The van der Waals surface area contributed by atoms with Crippen LogP contribution in [0.3, 0.4) is 0 Å². The number of nitrogens with zero attached hydrogens (tertiary/aromatic N) is 4. The van der Waals surface area contributed by atoms with Crippen LogP contribution in [0.4, 0.5) is 0 Å². The van der Waals surface area contributed by atoms with Crippen molar-refractivity contribution < 1.29 is 9.53 Å². The van der Waals surface area contributed by atoms with Crippen LogP contribution >= 0.6 is 0 Å². The molecular formula is C16H15N5O2. The maximum Gasteiger partial charge on any atom is 0.269 e. The highest BCUT2D eigenvalue weighted by molar-refractivity contribution is 5.92. The van der Waals surface area contributed by atoms with Crippen LogP contribution in [0.1, 0.15) is 22.4 Å². The van der Waals surface area contributed by atoms with Gasteiger partial charge in [0.15, 0.2) is 5.65 Å². The van der Waals surface area contributed by atoms with Crippen LogP contribution in [0.15, 0.2) is 42.7 Å². The van der Waals surface area contributed by atoms with Crippen LogP contribution < -0.4 is 5.32 Å². The zero-order valence-electron chi connectivity index (χ0n) is 12.3. The summed E-state index contributed by atoms with van der Waals surface area (Å²) >= 11 is 0. The molecule has 1 aliphatic rings. The summed E-state index contributed by atoms with van der Waals surface area (Å²) in [5.41, 5.74) is 2.06. The lowest BCUT2D eigenvalue weighted by molar-refractivity contribution is 0.0550. The standard InChI is InChI=1S/C16H15N5O2/c22-16(13-4-1-2-6-17-13)19-8-11-9-23-10-14-20-12-5-3-7-18-15(12)21(11)14/h1-7,11H,8-10H2,(H,19,22). The second kappa shape index (κ2) is 5.77. The number of hydrogen-bond acceptors (Lipinski definition) is 5. The highest BCUT2D eigenvalue weighted by atomic mass is 16.5. The number of ether oxygens (including phenoxy) is 1. The van der Waals surface area contributed by atoms with Gasteiger partial charge in [0.1, 0.15) is 23.6 Å². The predicted octanol–water partition coefficient (Wildman–Crippen LogP) is 1.33. The summed E-state index contributed by atoms with van der Waals surface area (Å²) in [6.07, 6.45) is 3.35. The van der Waals surface area contributed by atoms with E-state index < -0.39 is 0 Å². The second-order valence-electron chi connectivity index (χ2n) is 5.34. The van der Waals surface area contributed by atoms with Gasteiger partial charge in [0.25, 0.3) is 5.91 Å². The van der Waals surface area contributed by atoms with Gasteiger partial charge in [-0.1, -0.05) is 6.07 Å². The van der Waals surface area contributed by atoms with Gasteiger partial charge in [0.05, 0.1) is 12.6 Å². The lowest BCUT2D eigenvalue weighted by Crippen LogP contribution is -2.36. The van der Waals surface area contributed by atoms with Gasteiger partial charge in [-0.05, 0) is 24.3 Å². The molecule has 1 aliphatic heterocycles. The van der Waals surface area contributed by atoms with Gasteiger partial charge < -0.3 is 14.6 Å². The Labute approximate surface area is 132 Å². The average molecular weight is 309 g/mol. The summed E-state index contributed by atoms with van der Waals surface area (Å²) in [5, 5.41) is 2.91. The summed E-state index contributed by atoms with van der Waals surface area (Å²) in [5.74, 6) is 0.636. The van der Waals surface area contributed by atoms with Crippen LogP contribution in [-0.4, -0.2) is 38.6 Å². The first-order valence-corrected chi connectivity index (χ1v) is 7.42. The predicted molar refractivity (Wildman–Crippen MR) is 82.8 cm³/mol. The van der Waals surface area contributed by atoms with Crippen molar-refractivity contribution in [2.75, 3.05) is 13.2 Å². The van der Waals surface area contributed by atoms with Gasteiger partial charge in [-0.25, -0.2) is 9.97 Å². The molecule has 4 rings (SSSR count). The fourth-order valence-electron chi connectivity index (χ4n) is 2.77. The Morgan fingerprint density at radius 2 is 2.17 bits per heavy atom. The third-order valence-electron chi connectivity index (χ3n) is 3.82. The van der Waals surface area contributed by atoms with Crippen molar-refractivity contribution in [3.63, 3.8) is 0 Å². The van der Waals surface area contributed by atoms with Crippen molar-refractivity contribution in [3.8, 4) is 0 Å². The third kappa shape index (κ3) is 2.55. The molecule has 1 N–H and O–H groups in total. The molecule has 0 saturated carbocycles. The van der Waals surface area contributed by atoms with Crippen molar-refractivity contribution >= 4 is 17.1 Å². The Morgan fingerprint density at radius 1 is 1.26 bits per heavy atom. The Balaban J connectivity index is 1.56. The van der Waals surface area contributed by atoms with Crippen LogP contribution in [0.5, 0.6) is 0 Å². The van der Waals surface area contributed by atoms with Crippen LogP contribution in [0, 0.1) is 0 Å². The van der Waals surface area contributed by atoms with Gasteiger partial charge in [-0.3, -0.25) is 9.78 Å². The first-order valence-electron chi connectivity index (χ1n) is 7.42. The van der Waals surface area contributed by atoms with E-state index in [1.54, 1.807) is 30.6 Å². The smallest absolute Gasteiger partial charge is 0.269 e. The molecule has 23 heavy (non-hydrogen) atoms. The molecule has 0 spiro atoms. The molecule has 3 aromatic heterocycles. The topological polar surface area (TPSA) is 81.9 Å². The number of amides is 1. The molecule has 1 atom stereocenters. The fraction of sp³-hybridized carbons (Fsp3) is 0.250. The Hall–Kier alpha value is -2.80. The van der Waals surface area contributed by atoms with E-state index in [1.807, 2.05) is 12.1 Å². The summed E-state index contributed by atoms with van der Waals surface area (Å²) < 4.78 is 7.65. The van der Waals surface area contributed by atoms with E-state index >= 15 is 0 Å². The molecule has 0 saturated heterocycles. The summed E-state index contributed by atoms with van der Waals surface area (Å²) in [4.78, 5) is 25.1. The SMILES string of the molecule is O=C(NCC1COCc2nc3cccnc3n21)c1ccccn1. The normalized spacial score (nSPS) is 17.0. The van der Waals surface area contributed by atoms with E-state index in [1.165, 1.54) is 0 Å². The Morgan fingerprint density at radius 3 is 3.04 bits per heavy atom. The first kappa shape index (κ1) is 13.8. The summed E-state index contributed by atoms with van der Waals surface area (Å²) in [6, 6.07) is 9.01. The van der Waals surface area contributed by atoms with E-state index in [-0.39, 0.29) is 11.9 Å². The molecule has 3 aromatic rings. The van der Waals surface area contributed by atoms with Crippen molar-refractivity contribution in [2.45, 2.75) is 12.6 Å². The van der Waals surface area contributed by atoms with Crippen LogP contribution in [-0.2, 0) is 11.3 Å². The van der Waals surface area contributed by atoms with Gasteiger partial charge in [-0.2, -0.15) is 0 Å². The molecule has 4 heterocycles. The first-order chi connectivity index (χ1) is 11.3. The van der Waals surface area contributed by atoms with Crippen LogP contribution in [0.25, 0.3) is 11.2 Å². The number of fused-ring (bicyclic) bond motifs is 3. The summed E-state index contributed by atoms with van der Waals surface area (Å²) in [7, 11) is 0. The van der Waals surface area contributed by atoms with Gasteiger partial charge in [-0.15, -0.1) is 0 Å². The van der Waals surface area contributed by atoms with E-state index in [4.69, 9.17) is 4.74 Å². The lowest BCUT2D eigenvalue weighted by Gasteiger charge is -2.25. The van der Waals surface area contributed by atoms with Crippen molar-refractivity contribution in [2.24, 2.45) is 0 Å². The van der Waals surface area contributed by atoms with Crippen molar-refractivity contribution in [1.29, 1.82) is 0 Å². The van der Waals surface area contributed by atoms with Gasteiger partial charge in [0.2, 0.25) is 0 Å². The molecule has 7 nitrogen and oxygen atoms in total. The number of imidazole rings is 1. The second-order valence-corrected chi connectivity index (χ2v) is 5.34. The number of aromatic nitrogens is 4. The lowest BCUT2D eigenvalue weighted by atomic mass is 10.2. The molecular weight excluding hydrogens is 294 g/mol. The van der Waals surface area contributed by atoms with Gasteiger partial charge >= 0.3 is 0 Å². The number of nitrogens with one attached hydrogen (secondary N) is 1. The average Bonchev–Trinajstić information content (AvgIpc) is 2.99. The highest BCUT2D eigenvalue weighted by Crippen LogP contribution is 2.24. The van der Waals surface area contributed by atoms with E-state index in [0.29, 0.717) is 25.5 Å². The largest absolute Gasteiger partial charge is 0.371 e. The molecule has 0 radical (unpaired) electrons. The number of pyridine rings is 2. The maximum atomic E-state index is 12.1. The number of rotatable bonds is 3. The number of carbonyl (C=O) groups excluding carboxylic acids is 1. The monoisotopic (exact) mass is 309 g/mol. The summed E-state index contributed by atoms with van der Waals surface area (Å²) in [6.45, 7) is 1.41. The Bertz CT molecular complexity index is 846. The molecule has 0 fully saturated rings. The molecule has 0 aliphatic carbocycles. The zero-order chi connectivity index (χ0) is 15.6. The zero-order valence-corrected chi connectivity index (χ0v) is 12.3. The molecule has 1 amide bonds. The van der Waals surface area contributed by atoms with Gasteiger partial charge in [0, 0.05) is 18.9 Å². The van der Waals surface area contributed by atoms with E-state index in [0.717, 1.165) is 17.0 Å². The molecule has 7 heteroatoms. The van der Waals surface area contributed by atoms with Crippen LogP contribution in [0.2, 0.25) is 0 Å². The highest BCUT2D eigenvalue weighted by Gasteiger charge is 2.25. The minimum atomic E-state index is -0.199. The van der Waals surface area contributed by atoms with E-state index in [9.17, 15) is 4.79 Å². The third-order valence-corrected chi connectivity index (χ3v) is 3.82. The minimum absolute atomic E-state index is 0.0358. The van der Waals surface area contributed by atoms with Crippen molar-refractivity contribution in [1.82, 2.24) is 24.8 Å². The maximum absolute atomic E-state index is 12.1. The van der Waals surface area contributed by atoms with E-state index in [2.05, 4.69) is 24.8 Å². The molecule has 0 bridgehead atoms. The molecule has 0 aromatic carbocycles.